The van der Waals surface area contributed by atoms with Gasteiger partial charge in [0.15, 0.2) is 5.78 Å². The Balaban J connectivity index is 2.29. The summed E-state index contributed by atoms with van der Waals surface area (Å²) in [7, 11) is 3.87. The predicted octanol–water partition coefficient (Wildman–Crippen LogP) is 3.81. The van der Waals surface area contributed by atoms with E-state index < -0.39 is 12.0 Å². The molecule has 0 aromatic rings. The Bertz CT molecular complexity index is 411. The first-order valence-corrected chi connectivity index (χ1v) is 11.2. The quantitative estimate of drug-likeness (QED) is 0.376. The maximum Gasteiger partial charge on any atom is 0.303 e. The molecule has 5 nitrogen and oxygen atoms in total. The minimum Gasteiger partial charge on any atom is -0.481 e. The summed E-state index contributed by atoms with van der Waals surface area (Å²) in [4.78, 5) is 34.9. The lowest BCUT2D eigenvalue weighted by atomic mass is 10.0. The molecule has 1 amide bonds. The first-order chi connectivity index (χ1) is 11.5. The van der Waals surface area contributed by atoms with Crippen LogP contribution in [0.4, 0.5) is 0 Å². The molecule has 2 atom stereocenters. The number of unbranched alkanes of at least 4 members (excludes halogenated alkanes) is 2. The number of carbonyl (C=O) groups is 3. The molecular formula is C17H29NO4S2. The zero-order valence-electron chi connectivity index (χ0n) is 14.4. The van der Waals surface area contributed by atoms with Gasteiger partial charge in [-0.1, -0.05) is 41.4 Å². The summed E-state index contributed by atoms with van der Waals surface area (Å²) in [5, 5.41) is 12.3. The van der Waals surface area contributed by atoms with E-state index in [0.717, 1.165) is 37.4 Å². The number of hydrogen-bond donors (Lipinski definition) is 2. The lowest BCUT2D eigenvalue weighted by Crippen LogP contribution is -2.41. The first kappa shape index (κ1) is 21.4. The molecule has 0 aromatic heterocycles. The molecule has 1 aliphatic rings. The van der Waals surface area contributed by atoms with E-state index in [9.17, 15) is 14.4 Å². The number of carboxylic acids is 1. The second kappa shape index (κ2) is 12.6. The van der Waals surface area contributed by atoms with Gasteiger partial charge in [-0.2, -0.15) is 0 Å². The number of hydrogen-bond acceptors (Lipinski definition) is 5. The molecule has 0 radical (unpaired) electrons. The maximum absolute atomic E-state index is 12.1. The Labute approximate surface area is 152 Å². The summed E-state index contributed by atoms with van der Waals surface area (Å²) in [6.45, 7) is 2.00. The summed E-state index contributed by atoms with van der Waals surface area (Å²) in [5.74, 6) is 0.0972. The fraction of sp³-hybridized carbons (Fsp3) is 0.824. The minimum absolute atomic E-state index is 0.0502. The molecule has 0 bridgehead atoms. The number of ketones is 1. The third kappa shape index (κ3) is 9.57. The molecule has 1 heterocycles. The molecule has 1 aliphatic heterocycles. The van der Waals surface area contributed by atoms with Crippen molar-refractivity contribution in [3.63, 3.8) is 0 Å². The highest BCUT2D eigenvalue weighted by Crippen LogP contribution is 2.39. The van der Waals surface area contributed by atoms with Gasteiger partial charge in [0.1, 0.15) is 0 Å². The van der Waals surface area contributed by atoms with Crippen LogP contribution in [0.15, 0.2) is 0 Å². The van der Waals surface area contributed by atoms with Crippen LogP contribution in [0.1, 0.15) is 71.1 Å². The molecule has 1 fully saturated rings. The molecular weight excluding hydrogens is 346 g/mol. The fourth-order valence-corrected chi connectivity index (χ4v) is 5.62. The molecule has 1 rings (SSSR count). The van der Waals surface area contributed by atoms with Crippen molar-refractivity contribution in [1.82, 2.24) is 5.32 Å². The zero-order chi connectivity index (χ0) is 17.8. The van der Waals surface area contributed by atoms with Gasteiger partial charge in [0.2, 0.25) is 5.91 Å². The summed E-state index contributed by atoms with van der Waals surface area (Å²) in [6.07, 6.45) is 6.81. The smallest absolute Gasteiger partial charge is 0.303 e. The van der Waals surface area contributed by atoms with Crippen LogP contribution in [0.5, 0.6) is 0 Å². The van der Waals surface area contributed by atoms with E-state index in [4.69, 9.17) is 5.11 Å². The SMILES string of the molecule is CCCCC(=O)C(CCC(=O)O)NC(=O)CCCCC1CCSS1. The number of nitrogens with one attached hydrogen (secondary N) is 1. The second-order valence-corrected chi connectivity index (χ2v) is 8.98. The van der Waals surface area contributed by atoms with E-state index in [1.54, 1.807) is 0 Å². The average Bonchev–Trinajstić information content (AvgIpc) is 3.06. The van der Waals surface area contributed by atoms with Crippen molar-refractivity contribution in [2.24, 2.45) is 0 Å². The molecule has 2 N–H and O–H groups in total. The Morgan fingerprint density at radius 3 is 2.58 bits per heavy atom. The number of carboxylic acid groups (broad SMARTS) is 1. The average molecular weight is 376 g/mol. The highest BCUT2D eigenvalue weighted by atomic mass is 33.1. The van der Waals surface area contributed by atoms with Gasteiger partial charge in [-0.05, 0) is 32.1 Å². The van der Waals surface area contributed by atoms with Gasteiger partial charge in [0.25, 0.3) is 0 Å². The third-order valence-electron chi connectivity index (χ3n) is 4.05. The maximum atomic E-state index is 12.1. The van der Waals surface area contributed by atoms with E-state index in [0.29, 0.717) is 12.8 Å². The topological polar surface area (TPSA) is 83.5 Å². The van der Waals surface area contributed by atoms with Crippen LogP contribution in [0.2, 0.25) is 0 Å². The van der Waals surface area contributed by atoms with Crippen molar-refractivity contribution in [3.8, 4) is 0 Å². The molecule has 0 saturated carbocycles. The van der Waals surface area contributed by atoms with Crippen molar-refractivity contribution < 1.29 is 19.5 Å². The van der Waals surface area contributed by atoms with Crippen LogP contribution in [-0.2, 0) is 14.4 Å². The second-order valence-electron chi connectivity index (χ2n) is 6.20. The normalized spacial score (nSPS) is 18.3. The van der Waals surface area contributed by atoms with Crippen molar-refractivity contribution >= 4 is 39.2 Å². The van der Waals surface area contributed by atoms with Crippen LogP contribution in [0.25, 0.3) is 0 Å². The van der Waals surface area contributed by atoms with Crippen molar-refractivity contribution in [2.75, 3.05) is 5.75 Å². The van der Waals surface area contributed by atoms with Crippen LogP contribution in [0, 0.1) is 0 Å². The Hall–Kier alpha value is -0.690. The molecule has 24 heavy (non-hydrogen) atoms. The van der Waals surface area contributed by atoms with Crippen molar-refractivity contribution in [2.45, 2.75) is 82.4 Å². The Morgan fingerprint density at radius 2 is 1.96 bits per heavy atom. The highest BCUT2D eigenvalue weighted by Gasteiger charge is 2.21. The van der Waals surface area contributed by atoms with E-state index in [1.165, 1.54) is 12.2 Å². The summed E-state index contributed by atoms with van der Waals surface area (Å²) in [6, 6.07) is -0.651. The monoisotopic (exact) mass is 375 g/mol. The number of amides is 1. The largest absolute Gasteiger partial charge is 0.481 e. The first-order valence-electron chi connectivity index (χ1n) is 8.85. The van der Waals surface area contributed by atoms with Gasteiger partial charge >= 0.3 is 5.97 Å². The van der Waals surface area contributed by atoms with Crippen LogP contribution < -0.4 is 5.32 Å². The number of Topliss-reactive ketones (excluding diaryl/α,β-unsaturated/α-hetero) is 1. The standard InChI is InChI=1S/C17H29NO4S2/c1-2-3-7-15(19)14(9-10-17(21)22)18-16(20)8-5-4-6-13-11-12-23-24-13/h13-14H,2-12H2,1H3,(H,18,20)(H,21,22). The van der Waals surface area contributed by atoms with E-state index in [-0.39, 0.29) is 24.5 Å². The fourth-order valence-electron chi connectivity index (χ4n) is 2.60. The molecule has 0 aliphatic carbocycles. The van der Waals surface area contributed by atoms with Crippen LogP contribution >= 0.6 is 21.6 Å². The van der Waals surface area contributed by atoms with Gasteiger partial charge in [0, 0.05) is 30.3 Å². The Morgan fingerprint density at radius 1 is 1.17 bits per heavy atom. The molecule has 138 valence electrons. The predicted molar refractivity (Wildman–Crippen MR) is 100 cm³/mol. The number of carbonyl (C=O) groups excluding carboxylic acids is 2. The number of rotatable bonds is 13. The van der Waals surface area contributed by atoms with Gasteiger partial charge in [-0.15, -0.1) is 0 Å². The highest BCUT2D eigenvalue weighted by molar-refractivity contribution is 8.77. The van der Waals surface area contributed by atoms with Crippen molar-refractivity contribution in [1.29, 1.82) is 0 Å². The number of aliphatic carboxylic acids is 1. The Kier molecular flexibility index (Phi) is 11.2. The molecule has 7 heteroatoms. The van der Waals surface area contributed by atoms with Crippen molar-refractivity contribution in [3.05, 3.63) is 0 Å². The molecule has 0 aromatic carbocycles. The van der Waals surface area contributed by atoms with E-state index >= 15 is 0 Å². The van der Waals surface area contributed by atoms with E-state index in [1.807, 2.05) is 28.5 Å². The lowest BCUT2D eigenvalue weighted by Gasteiger charge is -2.17. The van der Waals surface area contributed by atoms with Gasteiger partial charge in [-0.3, -0.25) is 14.4 Å². The van der Waals surface area contributed by atoms with E-state index in [2.05, 4.69) is 5.32 Å². The minimum atomic E-state index is -0.940. The van der Waals surface area contributed by atoms with Gasteiger partial charge < -0.3 is 10.4 Å². The van der Waals surface area contributed by atoms with Crippen LogP contribution in [0.3, 0.4) is 0 Å². The third-order valence-corrected chi connectivity index (χ3v) is 7.06. The zero-order valence-corrected chi connectivity index (χ0v) is 16.1. The van der Waals surface area contributed by atoms with Crippen LogP contribution in [-0.4, -0.2) is 39.8 Å². The van der Waals surface area contributed by atoms with Gasteiger partial charge in [-0.25, -0.2) is 0 Å². The van der Waals surface area contributed by atoms with Gasteiger partial charge in [0.05, 0.1) is 6.04 Å². The summed E-state index contributed by atoms with van der Waals surface area (Å²) >= 11 is 0. The lowest BCUT2D eigenvalue weighted by molar-refractivity contribution is -0.137. The molecule has 1 saturated heterocycles. The molecule has 2 unspecified atom stereocenters. The molecule has 0 spiro atoms. The summed E-state index contributed by atoms with van der Waals surface area (Å²) < 4.78 is 0. The summed E-state index contributed by atoms with van der Waals surface area (Å²) in [5.41, 5.74) is 0.